The lowest BCUT2D eigenvalue weighted by Crippen LogP contribution is -2.10. The van der Waals surface area contributed by atoms with E-state index in [1.165, 1.54) is 6.20 Å². The molecule has 0 aliphatic carbocycles. The van der Waals surface area contributed by atoms with Crippen LogP contribution in [0.5, 0.6) is 0 Å². The van der Waals surface area contributed by atoms with Crippen molar-refractivity contribution >= 4 is 11.7 Å². The van der Waals surface area contributed by atoms with Gasteiger partial charge in [-0.3, -0.25) is 4.98 Å². The maximum Gasteiger partial charge on any atom is 0.356 e. The molecular weight excluding hydrogens is 230 g/mol. The predicted molar refractivity (Wildman–Crippen MR) is 67.6 cm³/mol. The molecule has 2 aromatic rings. The molecule has 0 fully saturated rings. The number of aromatic nitrogens is 2. The molecule has 5 nitrogen and oxygen atoms in total. The van der Waals surface area contributed by atoms with Gasteiger partial charge in [0, 0.05) is 25.1 Å². The van der Waals surface area contributed by atoms with Crippen LogP contribution >= 0.6 is 0 Å². The highest BCUT2D eigenvalue weighted by Gasteiger charge is 2.09. The van der Waals surface area contributed by atoms with Crippen LogP contribution in [0.1, 0.15) is 16.1 Å². The van der Waals surface area contributed by atoms with Crippen LogP contribution in [0.25, 0.3) is 0 Å². The number of nitrogens with one attached hydrogen (secondary N) is 1. The first-order chi connectivity index (χ1) is 8.77. The van der Waals surface area contributed by atoms with Gasteiger partial charge in [-0.15, -0.1) is 0 Å². The summed E-state index contributed by atoms with van der Waals surface area (Å²) in [6.07, 6.45) is 5.75. The predicted octanol–water partition coefficient (Wildman–Crippen LogP) is 1.83. The minimum absolute atomic E-state index is 0.0484. The molecule has 0 atom stereocenters. The molecule has 2 rings (SSSR count). The second-order valence-electron chi connectivity index (χ2n) is 3.74. The number of hydrogen-bond donors (Lipinski definition) is 2. The van der Waals surface area contributed by atoms with E-state index in [9.17, 15) is 4.79 Å². The van der Waals surface area contributed by atoms with E-state index in [1.54, 1.807) is 24.5 Å². The van der Waals surface area contributed by atoms with Crippen molar-refractivity contribution in [2.75, 3.05) is 11.9 Å². The summed E-state index contributed by atoms with van der Waals surface area (Å²) in [6, 6.07) is 7.29. The van der Waals surface area contributed by atoms with Gasteiger partial charge in [0.25, 0.3) is 0 Å². The van der Waals surface area contributed by atoms with Gasteiger partial charge in [0.05, 0.1) is 5.69 Å². The van der Waals surface area contributed by atoms with E-state index < -0.39 is 5.97 Å². The van der Waals surface area contributed by atoms with E-state index in [-0.39, 0.29) is 5.69 Å². The van der Waals surface area contributed by atoms with Crippen LogP contribution in [0, 0.1) is 0 Å². The van der Waals surface area contributed by atoms with Crippen LogP contribution in [-0.2, 0) is 6.42 Å². The van der Waals surface area contributed by atoms with Crippen LogP contribution in [-0.4, -0.2) is 27.6 Å². The lowest BCUT2D eigenvalue weighted by molar-refractivity contribution is 0.0691. The lowest BCUT2D eigenvalue weighted by Gasteiger charge is -2.08. The van der Waals surface area contributed by atoms with Crippen molar-refractivity contribution in [3.8, 4) is 0 Å². The van der Waals surface area contributed by atoms with Crippen molar-refractivity contribution in [3.63, 3.8) is 0 Å². The van der Waals surface area contributed by atoms with Crippen LogP contribution < -0.4 is 5.32 Å². The zero-order valence-electron chi connectivity index (χ0n) is 9.71. The van der Waals surface area contributed by atoms with E-state index in [0.717, 1.165) is 12.0 Å². The van der Waals surface area contributed by atoms with Gasteiger partial charge in [-0.25, -0.2) is 9.78 Å². The fourth-order valence-corrected chi connectivity index (χ4v) is 1.61. The maximum absolute atomic E-state index is 10.9. The van der Waals surface area contributed by atoms with E-state index in [4.69, 9.17) is 5.11 Å². The molecule has 0 unspecified atom stereocenters. The number of carbonyl (C=O) groups is 1. The van der Waals surface area contributed by atoms with Crippen LogP contribution in [0.15, 0.2) is 42.9 Å². The number of carboxylic acid groups (broad SMARTS) is 1. The van der Waals surface area contributed by atoms with Crippen molar-refractivity contribution in [3.05, 3.63) is 54.1 Å². The molecule has 0 aliphatic rings. The first-order valence-electron chi connectivity index (χ1n) is 5.58. The first-order valence-corrected chi connectivity index (χ1v) is 5.58. The molecule has 0 saturated carbocycles. The number of anilines is 1. The fourth-order valence-electron chi connectivity index (χ4n) is 1.61. The molecule has 0 bridgehead atoms. The Balaban J connectivity index is 1.97. The first kappa shape index (κ1) is 12.0. The molecule has 0 aliphatic heterocycles. The average Bonchev–Trinajstić information content (AvgIpc) is 2.40. The van der Waals surface area contributed by atoms with Gasteiger partial charge >= 0.3 is 5.97 Å². The summed E-state index contributed by atoms with van der Waals surface area (Å²) in [5.74, 6) is -1.03. The highest BCUT2D eigenvalue weighted by atomic mass is 16.4. The minimum atomic E-state index is -1.03. The molecule has 2 N–H and O–H groups in total. The summed E-state index contributed by atoms with van der Waals surface area (Å²) in [4.78, 5) is 18.7. The van der Waals surface area contributed by atoms with Gasteiger partial charge in [0.15, 0.2) is 5.69 Å². The zero-order valence-corrected chi connectivity index (χ0v) is 9.71. The van der Waals surface area contributed by atoms with Crippen molar-refractivity contribution in [2.24, 2.45) is 0 Å². The molecule has 2 aromatic heterocycles. The number of rotatable bonds is 5. The Hall–Kier alpha value is -2.43. The van der Waals surface area contributed by atoms with Gasteiger partial charge < -0.3 is 10.4 Å². The van der Waals surface area contributed by atoms with E-state index >= 15 is 0 Å². The third-order valence-corrected chi connectivity index (χ3v) is 2.49. The number of nitrogens with zero attached hydrogens (tertiary/aromatic N) is 2. The van der Waals surface area contributed by atoms with Gasteiger partial charge in [0.1, 0.15) is 0 Å². The standard InChI is InChI=1S/C13H13N3O2/c17-13(18)12-11(2-1-6-16-12)15-9-5-10-3-7-14-8-4-10/h1-4,6-8,15H,5,9H2,(H,17,18). The summed E-state index contributed by atoms with van der Waals surface area (Å²) in [7, 11) is 0. The second kappa shape index (κ2) is 5.77. The Bertz CT molecular complexity index is 529. The molecule has 0 spiro atoms. The highest BCUT2D eigenvalue weighted by Crippen LogP contribution is 2.12. The Morgan fingerprint density at radius 2 is 2.00 bits per heavy atom. The van der Waals surface area contributed by atoms with Crippen molar-refractivity contribution in [1.82, 2.24) is 9.97 Å². The molecule has 0 amide bonds. The third-order valence-electron chi connectivity index (χ3n) is 2.49. The van der Waals surface area contributed by atoms with Crippen molar-refractivity contribution < 1.29 is 9.90 Å². The molecule has 2 heterocycles. The van der Waals surface area contributed by atoms with Crippen LogP contribution in [0.4, 0.5) is 5.69 Å². The number of carboxylic acids is 1. The van der Waals surface area contributed by atoms with Crippen LogP contribution in [0.3, 0.4) is 0 Å². The van der Waals surface area contributed by atoms with Crippen molar-refractivity contribution in [1.29, 1.82) is 0 Å². The fraction of sp³-hybridized carbons (Fsp3) is 0.154. The third kappa shape index (κ3) is 3.04. The monoisotopic (exact) mass is 243 g/mol. The molecule has 0 saturated heterocycles. The summed E-state index contributed by atoms with van der Waals surface area (Å²) in [5.41, 5.74) is 1.74. The Kier molecular flexibility index (Phi) is 3.86. The summed E-state index contributed by atoms with van der Waals surface area (Å²) in [6.45, 7) is 0.649. The molecule has 5 heteroatoms. The smallest absolute Gasteiger partial charge is 0.356 e. The Morgan fingerprint density at radius 1 is 1.22 bits per heavy atom. The summed E-state index contributed by atoms with van der Waals surface area (Å²) in [5, 5.41) is 12.1. The normalized spacial score (nSPS) is 10.0. The average molecular weight is 243 g/mol. The molecule has 0 radical (unpaired) electrons. The molecule has 92 valence electrons. The van der Waals surface area contributed by atoms with Gasteiger partial charge in [-0.1, -0.05) is 0 Å². The van der Waals surface area contributed by atoms with E-state index in [0.29, 0.717) is 12.2 Å². The maximum atomic E-state index is 10.9. The van der Waals surface area contributed by atoms with Gasteiger partial charge in [-0.05, 0) is 36.2 Å². The Labute approximate surface area is 105 Å². The quantitative estimate of drug-likeness (QED) is 0.838. The van der Waals surface area contributed by atoms with Gasteiger partial charge in [-0.2, -0.15) is 0 Å². The topological polar surface area (TPSA) is 75.1 Å². The lowest BCUT2D eigenvalue weighted by atomic mass is 10.2. The number of aromatic carboxylic acids is 1. The van der Waals surface area contributed by atoms with Crippen LogP contribution in [0.2, 0.25) is 0 Å². The van der Waals surface area contributed by atoms with E-state index in [2.05, 4.69) is 15.3 Å². The molecule has 18 heavy (non-hydrogen) atoms. The largest absolute Gasteiger partial charge is 0.476 e. The summed E-state index contributed by atoms with van der Waals surface area (Å²) < 4.78 is 0. The Morgan fingerprint density at radius 3 is 2.72 bits per heavy atom. The summed E-state index contributed by atoms with van der Waals surface area (Å²) >= 11 is 0. The zero-order chi connectivity index (χ0) is 12.8. The highest BCUT2D eigenvalue weighted by molar-refractivity contribution is 5.91. The molecular formula is C13H13N3O2. The van der Waals surface area contributed by atoms with E-state index in [1.807, 2.05) is 12.1 Å². The molecule has 0 aromatic carbocycles. The second-order valence-corrected chi connectivity index (χ2v) is 3.74. The number of pyridine rings is 2. The van der Waals surface area contributed by atoms with Gasteiger partial charge in [0.2, 0.25) is 0 Å². The minimum Gasteiger partial charge on any atom is -0.476 e. The SMILES string of the molecule is O=C(O)c1ncccc1NCCc1ccncc1. The number of hydrogen-bond acceptors (Lipinski definition) is 4. The van der Waals surface area contributed by atoms with Crippen molar-refractivity contribution in [2.45, 2.75) is 6.42 Å².